The minimum absolute atomic E-state index is 0.663. The molecule has 0 amide bonds. The molecule has 0 radical (unpaired) electrons. The Balaban J connectivity index is 0.836. The molecule has 4 nitrogen and oxygen atoms in total. The SMILES string of the molecule is c1ccc(-c2cc(-c3cc(-n4c5ccc(-c6cccc7sc8ccccc8c67)cc5c5cc(-c6cccc7sc8ccccc8c67)ccc54)cc(-n4c5ccc(-c6cccc7sc8ccccc8c67)cc5c5cc(-c6cccc7sc8ccccc8c67)ccc54)c3)nc(-c3ccccc3)n2)cc1. The van der Waals surface area contributed by atoms with Gasteiger partial charge in [0.05, 0.1) is 33.5 Å². The number of rotatable bonds is 9. The Morgan fingerprint density at radius 3 is 0.833 bits per heavy atom. The first-order valence-corrected chi connectivity index (χ1v) is 37.8. The standard InChI is InChI=1S/C94H54N4S4/c1-3-19-55(20-4-1)76-54-77(96-94(95-76)56-21-5-2-6-22-56)61-47-62(97-78-43-39-57(64-27-15-35-86-90(64)68-23-7-11-31-82(68)99-86)49-72(78)73-50-58(40-44-79(73)97)65-28-16-36-87-91(65)69-24-8-12-32-83(69)100-87)53-63(48-61)98-80-45-41-59(66-29-17-37-88-92(66)70-25-9-13-33-84(70)101-88)51-74(80)75-52-60(42-46-81(75)98)67-30-18-38-89-93(67)71-26-10-14-34-85(71)102-89/h1-54H. The summed E-state index contributed by atoms with van der Waals surface area (Å²) in [5, 5.41) is 15.0. The van der Waals surface area contributed by atoms with Crippen LogP contribution in [0, 0.1) is 0 Å². The number of nitrogens with zero attached hydrogens (tertiary/aromatic N) is 4. The average molecular weight is 1370 g/mol. The van der Waals surface area contributed by atoms with E-state index < -0.39 is 0 Å². The Morgan fingerprint density at radius 1 is 0.196 bits per heavy atom. The number of thiophene rings is 4. The predicted octanol–water partition coefficient (Wildman–Crippen LogP) is 27.8. The number of benzene rings is 15. The van der Waals surface area contributed by atoms with E-state index in [1.165, 1.54) is 147 Å². The molecular formula is C94H54N4S4. The van der Waals surface area contributed by atoms with E-state index in [1.54, 1.807) is 0 Å². The lowest BCUT2D eigenvalue weighted by Gasteiger charge is -2.17. The second-order valence-electron chi connectivity index (χ2n) is 26.6. The van der Waals surface area contributed by atoms with Crippen molar-refractivity contribution in [1.82, 2.24) is 19.1 Å². The van der Waals surface area contributed by atoms with Crippen molar-refractivity contribution in [1.29, 1.82) is 0 Å². The Bertz CT molecular complexity index is 6500. The molecular weight excluding hydrogens is 1310 g/mol. The molecule has 0 bridgehead atoms. The highest BCUT2D eigenvalue weighted by Crippen LogP contribution is 2.49. The van der Waals surface area contributed by atoms with E-state index in [-0.39, 0.29) is 0 Å². The van der Waals surface area contributed by atoms with Crippen molar-refractivity contribution in [2.24, 2.45) is 0 Å². The molecule has 8 heteroatoms. The first-order valence-electron chi connectivity index (χ1n) is 34.5. The van der Waals surface area contributed by atoms with E-state index in [2.05, 4.69) is 337 Å². The summed E-state index contributed by atoms with van der Waals surface area (Å²) in [4.78, 5) is 11.0. The topological polar surface area (TPSA) is 35.6 Å². The minimum atomic E-state index is 0.663. The van der Waals surface area contributed by atoms with Gasteiger partial charge in [-0.25, -0.2) is 9.97 Å². The van der Waals surface area contributed by atoms with Crippen LogP contribution in [0.4, 0.5) is 0 Å². The van der Waals surface area contributed by atoms with Crippen LogP contribution in [0.15, 0.2) is 328 Å². The highest BCUT2D eigenvalue weighted by Gasteiger charge is 2.24. The monoisotopic (exact) mass is 1370 g/mol. The lowest BCUT2D eigenvalue weighted by Crippen LogP contribution is -2.02. The van der Waals surface area contributed by atoms with Crippen LogP contribution in [0.2, 0.25) is 0 Å². The third-order valence-electron chi connectivity index (χ3n) is 20.9. The Labute approximate surface area is 601 Å². The molecule has 474 valence electrons. The van der Waals surface area contributed by atoms with Crippen LogP contribution in [0.5, 0.6) is 0 Å². The van der Waals surface area contributed by atoms with Crippen LogP contribution in [0.1, 0.15) is 0 Å². The van der Waals surface area contributed by atoms with Crippen LogP contribution in [0.25, 0.3) is 214 Å². The van der Waals surface area contributed by atoms with Gasteiger partial charge < -0.3 is 9.13 Å². The summed E-state index contributed by atoms with van der Waals surface area (Å²) in [7, 11) is 0. The van der Waals surface area contributed by atoms with Gasteiger partial charge in [-0.1, -0.05) is 206 Å². The van der Waals surface area contributed by atoms with Crippen LogP contribution in [0.3, 0.4) is 0 Å². The first-order chi connectivity index (χ1) is 50.5. The van der Waals surface area contributed by atoms with E-state index >= 15 is 0 Å². The molecule has 22 rings (SSSR count). The number of hydrogen-bond donors (Lipinski definition) is 0. The maximum atomic E-state index is 5.62. The zero-order valence-corrected chi connectivity index (χ0v) is 57.9. The molecule has 0 aliphatic rings. The van der Waals surface area contributed by atoms with Crippen LogP contribution >= 0.6 is 45.3 Å². The van der Waals surface area contributed by atoms with Crippen molar-refractivity contribution in [2.45, 2.75) is 0 Å². The van der Waals surface area contributed by atoms with Gasteiger partial charge in [0.1, 0.15) is 0 Å². The van der Waals surface area contributed by atoms with E-state index in [0.29, 0.717) is 5.82 Å². The first kappa shape index (κ1) is 57.7. The quantitative estimate of drug-likeness (QED) is 0.144. The second-order valence-corrected chi connectivity index (χ2v) is 31.0. The van der Waals surface area contributed by atoms with Gasteiger partial charge in [0.25, 0.3) is 0 Å². The summed E-state index contributed by atoms with van der Waals surface area (Å²) in [5.74, 6) is 0.663. The van der Waals surface area contributed by atoms with Gasteiger partial charge >= 0.3 is 0 Å². The van der Waals surface area contributed by atoms with Gasteiger partial charge in [-0.2, -0.15) is 0 Å². The summed E-state index contributed by atoms with van der Waals surface area (Å²) in [5.41, 5.74) is 20.7. The maximum absolute atomic E-state index is 5.62. The van der Waals surface area contributed by atoms with E-state index in [4.69, 9.17) is 9.97 Å². The highest BCUT2D eigenvalue weighted by atomic mass is 32.1. The zero-order chi connectivity index (χ0) is 66.7. The molecule has 22 aromatic rings. The molecule has 0 saturated carbocycles. The Morgan fingerprint density at radius 2 is 0.490 bits per heavy atom. The van der Waals surface area contributed by atoms with Gasteiger partial charge in [0, 0.05) is 130 Å². The van der Waals surface area contributed by atoms with Crippen LogP contribution in [-0.4, -0.2) is 19.1 Å². The normalized spacial score (nSPS) is 12.1. The van der Waals surface area contributed by atoms with Crippen molar-refractivity contribution in [2.75, 3.05) is 0 Å². The largest absolute Gasteiger partial charge is 0.309 e. The maximum Gasteiger partial charge on any atom is 0.160 e. The molecule has 0 aliphatic heterocycles. The summed E-state index contributed by atoms with van der Waals surface area (Å²) < 4.78 is 15.4. The second kappa shape index (κ2) is 22.7. The fourth-order valence-corrected chi connectivity index (χ4v) is 20.9. The van der Waals surface area contributed by atoms with Crippen molar-refractivity contribution < 1.29 is 0 Å². The molecule has 102 heavy (non-hydrogen) atoms. The lowest BCUT2D eigenvalue weighted by molar-refractivity contribution is 1.13. The van der Waals surface area contributed by atoms with Gasteiger partial charge in [0.15, 0.2) is 5.82 Å². The lowest BCUT2D eigenvalue weighted by atomic mass is 9.96. The predicted molar refractivity (Wildman–Crippen MR) is 440 cm³/mol. The summed E-state index contributed by atoms with van der Waals surface area (Å²) in [6.45, 7) is 0. The summed E-state index contributed by atoms with van der Waals surface area (Å²) in [6.07, 6.45) is 0. The van der Waals surface area contributed by atoms with E-state index in [0.717, 1.165) is 61.5 Å². The molecule has 0 unspecified atom stereocenters. The Kier molecular flexibility index (Phi) is 12.8. The van der Waals surface area contributed by atoms with Gasteiger partial charge in [-0.15, -0.1) is 45.3 Å². The third kappa shape index (κ3) is 8.97. The van der Waals surface area contributed by atoms with Crippen molar-refractivity contribution in [3.63, 3.8) is 0 Å². The molecule has 7 aromatic heterocycles. The minimum Gasteiger partial charge on any atom is -0.309 e. The fourth-order valence-electron chi connectivity index (χ4n) is 16.4. The smallest absolute Gasteiger partial charge is 0.160 e. The van der Waals surface area contributed by atoms with Gasteiger partial charge in [0.2, 0.25) is 0 Å². The van der Waals surface area contributed by atoms with E-state index in [9.17, 15) is 0 Å². The number of hydrogen-bond acceptors (Lipinski definition) is 6. The van der Waals surface area contributed by atoms with Crippen molar-refractivity contribution in [3.8, 4) is 89.8 Å². The summed E-state index contributed by atoms with van der Waals surface area (Å²) >= 11 is 7.47. The highest BCUT2D eigenvalue weighted by molar-refractivity contribution is 7.27. The molecule has 0 spiro atoms. The van der Waals surface area contributed by atoms with Crippen molar-refractivity contribution >= 4 is 170 Å². The van der Waals surface area contributed by atoms with Gasteiger partial charge in [-0.05, 0) is 166 Å². The number of fused-ring (bicyclic) bond motifs is 18. The fraction of sp³-hybridized carbons (Fsp3) is 0. The molecule has 0 aliphatic carbocycles. The Hall–Kier alpha value is -12.1. The number of aromatic nitrogens is 4. The molecule has 7 heterocycles. The molecule has 0 fully saturated rings. The summed E-state index contributed by atoms with van der Waals surface area (Å²) in [6, 6.07) is 122. The molecule has 0 N–H and O–H groups in total. The average Bonchev–Trinajstić information content (AvgIpc) is 1.57. The molecule has 15 aromatic carbocycles. The van der Waals surface area contributed by atoms with Crippen LogP contribution < -0.4 is 0 Å². The van der Waals surface area contributed by atoms with Crippen LogP contribution in [-0.2, 0) is 0 Å². The molecule has 0 atom stereocenters. The van der Waals surface area contributed by atoms with Crippen molar-refractivity contribution in [3.05, 3.63) is 328 Å². The zero-order valence-electron chi connectivity index (χ0n) is 54.6. The van der Waals surface area contributed by atoms with E-state index in [1.807, 2.05) is 45.3 Å². The van der Waals surface area contributed by atoms with Gasteiger partial charge in [-0.3, -0.25) is 0 Å². The third-order valence-corrected chi connectivity index (χ3v) is 25.5. The molecule has 0 saturated heterocycles.